The summed E-state index contributed by atoms with van der Waals surface area (Å²) >= 11 is 0. The van der Waals surface area contributed by atoms with Crippen LogP contribution >= 0.6 is 0 Å². The first-order valence-corrected chi connectivity index (χ1v) is 12.7. The lowest BCUT2D eigenvalue weighted by Gasteiger charge is -2.34. The van der Waals surface area contributed by atoms with Gasteiger partial charge >= 0.3 is 18.4 Å². The molecule has 0 atom stereocenters. The Morgan fingerprint density at radius 1 is 0.800 bits per heavy atom. The summed E-state index contributed by atoms with van der Waals surface area (Å²) in [4.78, 5) is 16.7. The van der Waals surface area contributed by atoms with Gasteiger partial charge in [-0.2, -0.15) is 26.3 Å². The Morgan fingerprint density at radius 2 is 1.35 bits per heavy atom. The molecule has 2 heterocycles. The minimum absolute atomic E-state index is 0.0757. The number of alkyl halides is 6. The van der Waals surface area contributed by atoms with Crippen molar-refractivity contribution in [3.63, 3.8) is 0 Å². The molecular formula is C28H30F6N4O2. The second-order valence-electron chi connectivity index (χ2n) is 9.75. The maximum atomic E-state index is 13.1. The number of hydrogen-bond donors (Lipinski definition) is 1. The number of hydrogen-bond acceptors (Lipinski definition) is 3. The third-order valence-electron chi connectivity index (χ3n) is 6.88. The van der Waals surface area contributed by atoms with Crippen molar-refractivity contribution in [2.24, 2.45) is 0 Å². The predicted molar refractivity (Wildman–Crippen MR) is 138 cm³/mol. The van der Waals surface area contributed by atoms with Gasteiger partial charge < -0.3 is 19.5 Å². The number of nitrogens with zero attached hydrogens (tertiary/aromatic N) is 3. The van der Waals surface area contributed by atoms with E-state index in [1.165, 1.54) is 23.5 Å². The van der Waals surface area contributed by atoms with Crippen molar-refractivity contribution >= 4 is 11.7 Å². The molecule has 0 radical (unpaired) electrons. The fourth-order valence-corrected chi connectivity index (χ4v) is 4.57. The lowest BCUT2D eigenvalue weighted by atomic mass is 10.1. The zero-order valence-corrected chi connectivity index (χ0v) is 22.1. The van der Waals surface area contributed by atoms with Gasteiger partial charge in [0.15, 0.2) is 0 Å². The van der Waals surface area contributed by atoms with Crippen molar-refractivity contribution in [1.29, 1.82) is 0 Å². The molecular weight excluding hydrogens is 538 g/mol. The summed E-state index contributed by atoms with van der Waals surface area (Å²) in [6, 6.07) is 11.4. The maximum absolute atomic E-state index is 13.1. The predicted octanol–water partition coefficient (Wildman–Crippen LogP) is 6.57. The van der Waals surface area contributed by atoms with E-state index in [9.17, 15) is 31.1 Å². The van der Waals surface area contributed by atoms with Gasteiger partial charge in [0.05, 0.1) is 11.1 Å². The molecule has 0 spiro atoms. The molecule has 2 amide bonds. The largest absolute Gasteiger partial charge is 0.489 e. The standard InChI is InChI=1S/C28H30F6N4O2/c1-19-3-4-20(2)38(19)14-11-36-9-12-37(13-10-36)26(39)35-24-5-7-25(8-6-24)40-18-21-15-22(27(29,30)31)17-23(16-21)28(32,33)34/h3-8,15-17H,9-14,18H2,1-2H3,(H,35,39). The van der Waals surface area contributed by atoms with Crippen LogP contribution in [-0.2, 0) is 25.5 Å². The van der Waals surface area contributed by atoms with Gasteiger partial charge in [-0.15, -0.1) is 0 Å². The summed E-state index contributed by atoms with van der Waals surface area (Å²) in [5.74, 6) is 0.228. The zero-order chi connectivity index (χ0) is 29.1. The summed E-state index contributed by atoms with van der Waals surface area (Å²) in [6.45, 7) is 8.12. The lowest BCUT2D eigenvalue weighted by Crippen LogP contribution is -2.50. The van der Waals surface area contributed by atoms with E-state index in [1.807, 2.05) is 0 Å². The van der Waals surface area contributed by atoms with Gasteiger partial charge in [0, 0.05) is 56.3 Å². The molecule has 6 nitrogen and oxygen atoms in total. The minimum atomic E-state index is -4.93. The van der Waals surface area contributed by atoms with Gasteiger partial charge in [-0.3, -0.25) is 4.90 Å². The molecule has 12 heteroatoms. The van der Waals surface area contributed by atoms with E-state index in [1.54, 1.807) is 17.0 Å². The van der Waals surface area contributed by atoms with E-state index in [4.69, 9.17) is 4.74 Å². The quantitative estimate of drug-likeness (QED) is 0.328. The maximum Gasteiger partial charge on any atom is 0.416 e. The number of halogens is 6. The molecule has 1 aliphatic rings. The van der Waals surface area contributed by atoms with E-state index in [-0.39, 0.29) is 23.4 Å². The molecule has 1 N–H and O–H groups in total. The first-order chi connectivity index (χ1) is 18.8. The first-order valence-electron chi connectivity index (χ1n) is 12.7. The normalized spacial score (nSPS) is 14.8. The molecule has 1 aliphatic heterocycles. The Balaban J connectivity index is 1.27. The summed E-state index contributed by atoms with van der Waals surface area (Å²) in [5.41, 5.74) is -0.137. The van der Waals surface area contributed by atoms with Crippen molar-refractivity contribution < 1.29 is 35.9 Å². The average molecular weight is 569 g/mol. The molecule has 216 valence electrons. The smallest absolute Gasteiger partial charge is 0.416 e. The summed E-state index contributed by atoms with van der Waals surface area (Å²) < 4.78 is 86.1. The Bertz CT molecular complexity index is 1260. The van der Waals surface area contributed by atoms with Gasteiger partial charge in [-0.25, -0.2) is 4.79 Å². The highest BCUT2D eigenvalue weighted by Crippen LogP contribution is 2.36. The second kappa shape index (κ2) is 11.8. The fraction of sp³-hybridized carbons (Fsp3) is 0.393. The van der Waals surface area contributed by atoms with Gasteiger partial charge in [0.2, 0.25) is 0 Å². The summed E-state index contributed by atoms with van der Waals surface area (Å²) in [5, 5.41) is 2.80. The first kappa shape index (κ1) is 29.3. The average Bonchev–Trinajstić information content (AvgIpc) is 3.22. The van der Waals surface area contributed by atoms with Crippen molar-refractivity contribution in [1.82, 2.24) is 14.4 Å². The molecule has 0 bridgehead atoms. The van der Waals surface area contributed by atoms with Crippen LogP contribution in [0.15, 0.2) is 54.6 Å². The van der Waals surface area contributed by atoms with Crippen molar-refractivity contribution in [2.45, 2.75) is 39.4 Å². The van der Waals surface area contributed by atoms with Gasteiger partial charge in [0.25, 0.3) is 0 Å². The Kier molecular flexibility index (Phi) is 8.67. The summed E-state index contributed by atoms with van der Waals surface area (Å²) in [6.07, 6.45) is -9.85. The van der Waals surface area contributed by atoms with Crippen LogP contribution in [0.4, 0.5) is 36.8 Å². The van der Waals surface area contributed by atoms with Crippen LogP contribution < -0.4 is 10.1 Å². The highest BCUT2D eigenvalue weighted by molar-refractivity contribution is 5.89. The molecule has 1 saturated heterocycles. The Labute approximate surface area is 228 Å². The van der Waals surface area contributed by atoms with Crippen LogP contribution in [0.5, 0.6) is 5.75 Å². The number of amides is 2. The third kappa shape index (κ3) is 7.50. The summed E-state index contributed by atoms with van der Waals surface area (Å²) in [7, 11) is 0. The minimum Gasteiger partial charge on any atom is -0.489 e. The molecule has 1 fully saturated rings. The molecule has 3 aromatic rings. The van der Waals surface area contributed by atoms with Crippen LogP contribution in [0.1, 0.15) is 28.1 Å². The Morgan fingerprint density at radius 3 is 1.88 bits per heavy atom. The number of urea groups is 1. The topological polar surface area (TPSA) is 49.7 Å². The number of nitrogens with one attached hydrogen (secondary N) is 1. The van der Waals surface area contributed by atoms with Crippen LogP contribution in [0.25, 0.3) is 0 Å². The molecule has 2 aromatic carbocycles. The highest BCUT2D eigenvalue weighted by atomic mass is 19.4. The molecule has 1 aromatic heterocycles. The van der Waals surface area contributed by atoms with Crippen LogP contribution in [0.3, 0.4) is 0 Å². The number of rotatable bonds is 7. The van der Waals surface area contributed by atoms with Gasteiger partial charge in [-0.1, -0.05) is 0 Å². The highest BCUT2D eigenvalue weighted by Gasteiger charge is 2.37. The molecule has 40 heavy (non-hydrogen) atoms. The van der Waals surface area contributed by atoms with Crippen LogP contribution in [0.2, 0.25) is 0 Å². The van der Waals surface area contributed by atoms with Gasteiger partial charge in [-0.05, 0) is 74.0 Å². The van der Waals surface area contributed by atoms with E-state index in [0.29, 0.717) is 30.9 Å². The number of piperazine rings is 1. The third-order valence-corrected chi connectivity index (χ3v) is 6.88. The fourth-order valence-electron chi connectivity index (χ4n) is 4.57. The second-order valence-corrected chi connectivity index (χ2v) is 9.75. The van der Waals surface area contributed by atoms with Crippen molar-refractivity contribution in [2.75, 3.05) is 38.0 Å². The number of aryl methyl sites for hydroxylation is 2. The van der Waals surface area contributed by atoms with E-state index in [0.717, 1.165) is 26.2 Å². The molecule has 0 saturated carbocycles. The monoisotopic (exact) mass is 568 g/mol. The number of carbonyl (C=O) groups excluding carboxylic acids is 1. The van der Waals surface area contributed by atoms with Crippen molar-refractivity contribution in [3.05, 3.63) is 82.7 Å². The van der Waals surface area contributed by atoms with E-state index >= 15 is 0 Å². The van der Waals surface area contributed by atoms with Crippen LogP contribution in [-0.4, -0.2) is 53.1 Å². The molecule has 0 aliphatic carbocycles. The van der Waals surface area contributed by atoms with E-state index in [2.05, 4.69) is 40.8 Å². The number of ether oxygens (including phenoxy) is 1. The number of aromatic nitrogens is 1. The molecule has 4 rings (SSSR count). The zero-order valence-electron chi connectivity index (χ0n) is 22.1. The SMILES string of the molecule is Cc1ccc(C)n1CCN1CCN(C(=O)Nc2ccc(OCc3cc(C(F)(F)F)cc(C(F)(F)F)c3)cc2)CC1. The van der Waals surface area contributed by atoms with E-state index < -0.39 is 30.1 Å². The van der Waals surface area contributed by atoms with Crippen molar-refractivity contribution in [3.8, 4) is 5.75 Å². The lowest BCUT2D eigenvalue weighted by molar-refractivity contribution is -0.143. The number of benzene rings is 2. The van der Waals surface area contributed by atoms with Gasteiger partial charge in [0.1, 0.15) is 12.4 Å². The number of anilines is 1. The Hall–Kier alpha value is -3.67. The number of carbonyl (C=O) groups is 1. The molecule has 0 unspecified atom stereocenters. The van der Waals surface area contributed by atoms with Crippen LogP contribution in [0, 0.1) is 13.8 Å².